The van der Waals surface area contributed by atoms with Crippen molar-refractivity contribution in [1.82, 2.24) is 29.6 Å². The molecule has 2 aromatic carbocycles. The van der Waals surface area contributed by atoms with Crippen LogP contribution in [-0.4, -0.2) is 36.8 Å². The summed E-state index contributed by atoms with van der Waals surface area (Å²) in [6.45, 7) is 4.92. The van der Waals surface area contributed by atoms with Gasteiger partial charge >= 0.3 is 6.18 Å². The Hall–Kier alpha value is -3.67. The zero-order valence-electron chi connectivity index (χ0n) is 23.0. The first-order valence-corrected chi connectivity index (χ1v) is 13.5. The van der Waals surface area contributed by atoms with Crippen molar-refractivity contribution < 1.29 is 22.0 Å². The summed E-state index contributed by atoms with van der Waals surface area (Å²) in [6, 6.07) is 8.94. The van der Waals surface area contributed by atoms with E-state index in [-0.39, 0.29) is 11.9 Å². The Morgan fingerprint density at radius 1 is 1.07 bits per heavy atom. The number of benzene rings is 2. The molecule has 7 nitrogen and oxygen atoms in total. The number of hydrogen-bond donors (Lipinski definition) is 1. The van der Waals surface area contributed by atoms with E-state index in [0.717, 1.165) is 29.8 Å². The molecule has 0 spiro atoms. The van der Waals surface area contributed by atoms with Crippen molar-refractivity contribution in [3.8, 4) is 5.69 Å². The number of fused-ring (bicyclic) bond motifs is 1. The molecule has 0 saturated heterocycles. The predicted octanol–water partition coefficient (Wildman–Crippen LogP) is 5.77. The van der Waals surface area contributed by atoms with Crippen LogP contribution in [0.5, 0.6) is 0 Å². The lowest BCUT2D eigenvalue weighted by Crippen LogP contribution is -2.51. The van der Waals surface area contributed by atoms with Crippen molar-refractivity contribution in [1.29, 1.82) is 0 Å². The summed E-state index contributed by atoms with van der Waals surface area (Å²) < 4.78 is 73.3. The Bertz CT molecular complexity index is 1610. The van der Waals surface area contributed by atoms with Crippen LogP contribution in [0.15, 0.2) is 53.8 Å². The van der Waals surface area contributed by atoms with Crippen LogP contribution in [0.25, 0.3) is 16.6 Å². The van der Waals surface area contributed by atoms with Crippen LogP contribution < -0.4 is 10.9 Å². The van der Waals surface area contributed by atoms with E-state index in [1.807, 2.05) is 0 Å². The third-order valence-corrected chi connectivity index (χ3v) is 8.08. The van der Waals surface area contributed by atoms with Gasteiger partial charge in [-0.3, -0.25) is 9.36 Å². The lowest BCUT2D eigenvalue weighted by Gasteiger charge is -2.46. The molecule has 2 aromatic heterocycles. The number of rotatable bonds is 9. The van der Waals surface area contributed by atoms with Crippen molar-refractivity contribution >= 4 is 10.9 Å². The molecule has 1 fully saturated rings. The van der Waals surface area contributed by atoms with Gasteiger partial charge < -0.3 is 9.88 Å². The lowest BCUT2D eigenvalue weighted by atomic mass is 9.61. The quantitative estimate of drug-likeness (QED) is 0.257. The van der Waals surface area contributed by atoms with E-state index >= 15 is 0 Å². The van der Waals surface area contributed by atoms with E-state index in [2.05, 4.69) is 34.3 Å². The van der Waals surface area contributed by atoms with Gasteiger partial charge in [-0.05, 0) is 47.9 Å². The lowest BCUT2D eigenvalue weighted by molar-refractivity contribution is -0.136. The van der Waals surface area contributed by atoms with Gasteiger partial charge in [0.1, 0.15) is 18.5 Å². The SMILES string of the molecule is CCC(CC)CNCc1cc(C(F)(F)F)c2ncn(-c3cccc(C4(c5nncn5C)CC(F)(F)C4)c3)c(=O)c2c1. The topological polar surface area (TPSA) is 77.6 Å². The van der Waals surface area contributed by atoms with Crippen molar-refractivity contribution in [2.75, 3.05) is 6.54 Å². The zero-order chi connectivity index (χ0) is 29.6. The average molecular weight is 575 g/mol. The minimum absolute atomic E-state index is 0.160. The fourth-order valence-corrected chi connectivity index (χ4v) is 5.79. The first kappa shape index (κ1) is 28.8. The highest BCUT2D eigenvalue weighted by molar-refractivity contribution is 5.82. The van der Waals surface area contributed by atoms with Gasteiger partial charge in [0.2, 0.25) is 0 Å². The molecule has 41 heavy (non-hydrogen) atoms. The van der Waals surface area contributed by atoms with E-state index in [4.69, 9.17) is 0 Å². The van der Waals surface area contributed by atoms with Crippen LogP contribution in [0.4, 0.5) is 22.0 Å². The second-order valence-electron chi connectivity index (χ2n) is 10.9. The number of alkyl halides is 5. The Kier molecular flexibility index (Phi) is 7.47. The third-order valence-electron chi connectivity index (χ3n) is 8.08. The number of nitrogens with zero attached hydrogens (tertiary/aromatic N) is 5. The molecule has 218 valence electrons. The average Bonchev–Trinajstić information content (AvgIpc) is 3.35. The minimum Gasteiger partial charge on any atom is -0.320 e. The summed E-state index contributed by atoms with van der Waals surface area (Å²) in [5.74, 6) is -2.13. The van der Waals surface area contributed by atoms with Crippen molar-refractivity contribution in [3.63, 3.8) is 0 Å². The largest absolute Gasteiger partial charge is 0.418 e. The minimum atomic E-state index is -4.72. The van der Waals surface area contributed by atoms with Crippen LogP contribution in [0.3, 0.4) is 0 Å². The number of nitrogens with one attached hydrogen (secondary N) is 1. The highest BCUT2D eigenvalue weighted by atomic mass is 19.4. The Balaban J connectivity index is 1.58. The van der Waals surface area contributed by atoms with Crippen molar-refractivity contribution in [2.24, 2.45) is 13.0 Å². The number of halogens is 5. The summed E-state index contributed by atoms with van der Waals surface area (Å²) in [5.41, 5.74) is -2.12. The first-order chi connectivity index (χ1) is 19.4. The molecule has 12 heteroatoms. The summed E-state index contributed by atoms with van der Waals surface area (Å²) in [6.07, 6.45) is -1.31. The van der Waals surface area contributed by atoms with Gasteiger partial charge in [0.25, 0.3) is 11.5 Å². The molecule has 1 aliphatic carbocycles. The number of hydrogen-bond acceptors (Lipinski definition) is 5. The maximum absolute atomic E-state index is 14.2. The van der Waals surface area contributed by atoms with Crippen LogP contribution in [-0.2, 0) is 25.2 Å². The maximum Gasteiger partial charge on any atom is 0.418 e. The summed E-state index contributed by atoms with van der Waals surface area (Å²) in [4.78, 5) is 17.7. The van der Waals surface area contributed by atoms with Crippen molar-refractivity contribution in [2.45, 2.75) is 63.6 Å². The van der Waals surface area contributed by atoms with Gasteiger partial charge in [-0.15, -0.1) is 10.2 Å². The van der Waals surface area contributed by atoms with Gasteiger partial charge in [-0.2, -0.15) is 13.2 Å². The van der Waals surface area contributed by atoms with E-state index in [0.29, 0.717) is 35.1 Å². The first-order valence-electron chi connectivity index (χ1n) is 13.5. The molecule has 5 rings (SSSR count). The molecular weight excluding hydrogens is 543 g/mol. The molecule has 0 atom stereocenters. The summed E-state index contributed by atoms with van der Waals surface area (Å²) in [7, 11) is 1.67. The van der Waals surface area contributed by atoms with E-state index < -0.39 is 47.0 Å². The summed E-state index contributed by atoms with van der Waals surface area (Å²) >= 11 is 0. The van der Waals surface area contributed by atoms with Crippen LogP contribution in [0.2, 0.25) is 0 Å². The maximum atomic E-state index is 14.2. The monoisotopic (exact) mass is 574 g/mol. The summed E-state index contributed by atoms with van der Waals surface area (Å²) in [5, 5.41) is 11.0. The van der Waals surface area contributed by atoms with E-state index in [1.54, 1.807) is 35.9 Å². The molecule has 1 N–H and O–H groups in total. The molecule has 1 aliphatic rings. The Morgan fingerprint density at radius 2 is 1.80 bits per heavy atom. The predicted molar refractivity (Wildman–Crippen MR) is 144 cm³/mol. The standard InChI is InChI=1S/C29H31F5N6O/c1-4-18(5-2)12-35-13-19-9-22-24(23(10-19)29(32,33)34)36-16-40(25(22)41)21-8-6-7-20(11-21)27(14-28(30,31)15-27)26-38-37-17-39(26)3/h6-11,16-18,35H,4-5,12-15H2,1-3H3. The number of aryl methyl sites for hydroxylation is 1. The van der Waals surface area contributed by atoms with Crippen molar-refractivity contribution in [3.05, 3.63) is 81.9 Å². The smallest absolute Gasteiger partial charge is 0.320 e. The van der Waals surface area contributed by atoms with Crippen LogP contribution >= 0.6 is 0 Å². The third kappa shape index (κ3) is 5.37. The van der Waals surface area contributed by atoms with Gasteiger partial charge in [-0.25, -0.2) is 13.8 Å². The molecule has 0 aliphatic heterocycles. The highest BCUT2D eigenvalue weighted by Crippen LogP contribution is 2.56. The van der Waals surface area contributed by atoms with Gasteiger partial charge in [-0.1, -0.05) is 38.8 Å². The molecular formula is C29H31F5N6O. The Labute approximate surface area is 233 Å². The van der Waals surface area contributed by atoms with Crippen LogP contribution in [0.1, 0.15) is 62.0 Å². The van der Waals surface area contributed by atoms with Gasteiger partial charge in [0.05, 0.1) is 27.6 Å². The molecule has 0 bridgehead atoms. The van der Waals surface area contributed by atoms with Gasteiger partial charge in [0.15, 0.2) is 0 Å². The molecule has 0 amide bonds. The number of aromatic nitrogens is 5. The van der Waals surface area contributed by atoms with Gasteiger partial charge in [0, 0.05) is 26.4 Å². The van der Waals surface area contributed by atoms with E-state index in [9.17, 15) is 26.7 Å². The Morgan fingerprint density at radius 3 is 2.41 bits per heavy atom. The molecule has 0 radical (unpaired) electrons. The zero-order valence-corrected chi connectivity index (χ0v) is 23.0. The molecule has 4 aromatic rings. The second-order valence-corrected chi connectivity index (χ2v) is 10.9. The van der Waals surface area contributed by atoms with Crippen LogP contribution in [0, 0.1) is 5.92 Å². The molecule has 1 saturated carbocycles. The molecule has 2 heterocycles. The molecule has 0 unspecified atom stereocenters. The highest BCUT2D eigenvalue weighted by Gasteiger charge is 2.60. The fourth-order valence-electron chi connectivity index (χ4n) is 5.79. The normalized spacial score (nSPS) is 16.3. The van der Waals surface area contributed by atoms with E-state index in [1.165, 1.54) is 12.4 Å². The second kappa shape index (κ2) is 10.6. The fraction of sp³-hybridized carbons (Fsp3) is 0.448.